The number of amidine groups is 1. The summed E-state index contributed by atoms with van der Waals surface area (Å²) in [6.45, 7) is 0. The van der Waals surface area contributed by atoms with Crippen LogP contribution in [0.5, 0.6) is 0 Å². The van der Waals surface area contributed by atoms with Gasteiger partial charge in [0, 0.05) is 39.1 Å². The number of allylic oxidation sites excluding steroid dienone is 1. The van der Waals surface area contributed by atoms with Crippen molar-refractivity contribution in [1.29, 1.82) is 0 Å². The Balaban J connectivity index is 1.29. The molecule has 0 fully saturated rings. The summed E-state index contributed by atoms with van der Waals surface area (Å²) in [5.74, 6) is 0.664. The number of hydrogen-bond acceptors (Lipinski definition) is 4. The molecule has 2 aromatic heterocycles. The predicted molar refractivity (Wildman–Crippen MR) is 185 cm³/mol. The monoisotopic (exact) mass is 578 g/mol. The van der Waals surface area contributed by atoms with Crippen LogP contribution in [0.3, 0.4) is 0 Å². The summed E-state index contributed by atoms with van der Waals surface area (Å²) in [5, 5.41) is 4.24. The second kappa shape index (κ2) is 10.3. The SMILES string of the molecule is C1=C(c2ccccc2)N=C(c2ccc(-c3ccc4c(c3)oc3ccccc34)c3oc4ccccc4c23)N=C(c2ccccc2)C1. The van der Waals surface area contributed by atoms with Gasteiger partial charge >= 0.3 is 0 Å². The smallest absolute Gasteiger partial charge is 0.160 e. The van der Waals surface area contributed by atoms with Gasteiger partial charge in [-0.25, -0.2) is 9.98 Å². The van der Waals surface area contributed by atoms with Crippen LogP contribution in [0.4, 0.5) is 0 Å². The zero-order valence-corrected chi connectivity index (χ0v) is 24.3. The molecule has 0 bridgehead atoms. The first-order chi connectivity index (χ1) is 22.3. The molecule has 3 heterocycles. The number of fused-ring (bicyclic) bond motifs is 6. The average Bonchev–Trinajstić information content (AvgIpc) is 3.59. The van der Waals surface area contributed by atoms with E-state index in [4.69, 9.17) is 18.8 Å². The van der Waals surface area contributed by atoms with E-state index < -0.39 is 0 Å². The molecular weight excluding hydrogens is 552 g/mol. The Kier molecular flexibility index (Phi) is 5.85. The summed E-state index contributed by atoms with van der Waals surface area (Å²) in [4.78, 5) is 10.5. The molecule has 4 nitrogen and oxygen atoms in total. The molecule has 212 valence electrons. The van der Waals surface area contributed by atoms with Gasteiger partial charge in [0.25, 0.3) is 0 Å². The van der Waals surface area contributed by atoms with Crippen LogP contribution in [0.2, 0.25) is 0 Å². The fraction of sp³-hybridized carbons (Fsp3) is 0.0244. The van der Waals surface area contributed by atoms with E-state index in [0.717, 1.165) is 83.1 Å². The molecule has 0 saturated carbocycles. The quantitative estimate of drug-likeness (QED) is 0.209. The maximum absolute atomic E-state index is 6.65. The minimum absolute atomic E-state index is 0.664. The lowest BCUT2D eigenvalue weighted by Gasteiger charge is -2.10. The molecule has 0 spiro atoms. The Labute approximate surface area is 259 Å². The minimum Gasteiger partial charge on any atom is -0.456 e. The first-order valence-corrected chi connectivity index (χ1v) is 15.1. The highest BCUT2D eigenvalue weighted by Gasteiger charge is 2.22. The largest absolute Gasteiger partial charge is 0.456 e. The summed E-state index contributed by atoms with van der Waals surface area (Å²) in [6, 6.07) is 47.7. The molecule has 45 heavy (non-hydrogen) atoms. The van der Waals surface area contributed by atoms with Crippen molar-refractivity contribution in [1.82, 2.24) is 0 Å². The van der Waals surface area contributed by atoms with Gasteiger partial charge in [0.1, 0.15) is 22.3 Å². The van der Waals surface area contributed by atoms with Crippen LogP contribution < -0.4 is 0 Å². The molecule has 0 N–H and O–H groups in total. The standard InChI is InChI=1S/C41H26N2O2/c1-3-11-26(12-4-1)34-23-24-35(27-13-5-2-6-14-27)43-41(42-34)33-22-21-29(40-39(33)32-16-8-10-18-37(32)45-40)28-19-20-31-30-15-7-9-17-36(30)44-38(31)25-28/h1-23,25H,24H2. The van der Waals surface area contributed by atoms with E-state index in [1.807, 2.05) is 54.6 Å². The van der Waals surface area contributed by atoms with E-state index in [9.17, 15) is 0 Å². The van der Waals surface area contributed by atoms with Crippen LogP contribution in [0.15, 0.2) is 164 Å². The molecule has 0 saturated heterocycles. The third-order valence-corrected chi connectivity index (χ3v) is 8.59. The fourth-order valence-corrected chi connectivity index (χ4v) is 6.41. The van der Waals surface area contributed by atoms with Crippen LogP contribution in [0.25, 0.3) is 60.7 Å². The fourth-order valence-electron chi connectivity index (χ4n) is 6.41. The van der Waals surface area contributed by atoms with E-state index in [1.165, 1.54) is 0 Å². The average molecular weight is 579 g/mol. The molecule has 0 unspecified atom stereocenters. The van der Waals surface area contributed by atoms with Gasteiger partial charge in [-0.2, -0.15) is 0 Å². The van der Waals surface area contributed by atoms with E-state index in [-0.39, 0.29) is 0 Å². The van der Waals surface area contributed by atoms with Gasteiger partial charge in [-0.05, 0) is 53.1 Å². The van der Waals surface area contributed by atoms with Crippen LogP contribution in [-0.4, -0.2) is 11.5 Å². The lowest BCUT2D eigenvalue weighted by atomic mass is 9.97. The number of para-hydroxylation sites is 2. The van der Waals surface area contributed by atoms with Gasteiger partial charge in [0.15, 0.2) is 5.84 Å². The number of furan rings is 2. The van der Waals surface area contributed by atoms with Crippen molar-refractivity contribution in [3.63, 3.8) is 0 Å². The molecule has 0 atom stereocenters. The molecule has 4 heteroatoms. The lowest BCUT2D eigenvalue weighted by Crippen LogP contribution is -2.05. The van der Waals surface area contributed by atoms with Crippen molar-refractivity contribution >= 4 is 61.1 Å². The molecular formula is C41H26N2O2. The van der Waals surface area contributed by atoms with Crippen LogP contribution >= 0.6 is 0 Å². The van der Waals surface area contributed by atoms with Crippen LogP contribution in [0, 0.1) is 0 Å². The van der Waals surface area contributed by atoms with Crippen molar-refractivity contribution in [2.24, 2.45) is 9.98 Å². The second-order valence-corrected chi connectivity index (χ2v) is 11.3. The van der Waals surface area contributed by atoms with E-state index in [2.05, 4.69) is 91.0 Å². The van der Waals surface area contributed by atoms with Gasteiger partial charge in [-0.1, -0.05) is 109 Å². The summed E-state index contributed by atoms with van der Waals surface area (Å²) in [6.07, 6.45) is 2.85. The Bertz CT molecular complexity index is 2500. The third-order valence-electron chi connectivity index (χ3n) is 8.59. The highest BCUT2D eigenvalue weighted by molar-refractivity contribution is 6.24. The molecule has 9 rings (SSSR count). The number of aliphatic imine (C=N–C) groups is 2. The van der Waals surface area contributed by atoms with E-state index >= 15 is 0 Å². The Morgan fingerprint density at radius 1 is 0.467 bits per heavy atom. The molecule has 0 aliphatic carbocycles. The van der Waals surface area contributed by atoms with Gasteiger partial charge in [-0.15, -0.1) is 0 Å². The first kappa shape index (κ1) is 25.5. The second-order valence-electron chi connectivity index (χ2n) is 11.3. The highest BCUT2D eigenvalue weighted by Crippen LogP contribution is 2.40. The highest BCUT2D eigenvalue weighted by atomic mass is 16.3. The topological polar surface area (TPSA) is 51.0 Å². The lowest BCUT2D eigenvalue weighted by molar-refractivity contribution is 0.668. The molecule has 1 aliphatic rings. The van der Waals surface area contributed by atoms with Crippen LogP contribution in [0.1, 0.15) is 23.1 Å². The maximum Gasteiger partial charge on any atom is 0.160 e. The van der Waals surface area contributed by atoms with Gasteiger partial charge in [0.2, 0.25) is 0 Å². The van der Waals surface area contributed by atoms with Gasteiger partial charge < -0.3 is 8.83 Å². The Morgan fingerprint density at radius 2 is 1.11 bits per heavy atom. The Hall–Kier alpha value is -6.00. The third kappa shape index (κ3) is 4.30. The Morgan fingerprint density at radius 3 is 1.91 bits per heavy atom. The van der Waals surface area contributed by atoms with Crippen LogP contribution in [-0.2, 0) is 0 Å². The van der Waals surface area contributed by atoms with E-state index in [0.29, 0.717) is 12.3 Å². The summed E-state index contributed by atoms with van der Waals surface area (Å²) in [7, 11) is 0. The maximum atomic E-state index is 6.65. The molecule has 0 amide bonds. The summed E-state index contributed by atoms with van der Waals surface area (Å²) < 4.78 is 12.9. The van der Waals surface area contributed by atoms with Crippen molar-refractivity contribution in [3.05, 3.63) is 162 Å². The minimum atomic E-state index is 0.664. The summed E-state index contributed by atoms with van der Waals surface area (Å²) >= 11 is 0. The zero-order valence-electron chi connectivity index (χ0n) is 24.3. The normalized spacial score (nSPS) is 13.6. The van der Waals surface area contributed by atoms with E-state index in [1.54, 1.807) is 0 Å². The molecule has 8 aromatic rings. The zero-order chi connectivity index (χ0) is 29.7. The van der Waals surface area contributed by atoms with Gasteiger partial charge in [-0.3, -0.25) is 0 Å². The molecule has 6 aromatic carbocycles. The number of nitrogens with zero attached hydrogens (tertiary/aromatic N) is 2. The van der Waals surface area contributed by atoms with Gasteiger partial charge in [0.05, 0.1) is 11.4 Å². The predicted octanol–water partition coefficient (Wildman–Crippen LogP) is 10.8. The van der Waals surface area contributed by atoms with Crippen molar-refractivity contribution in [2.45, 2.75) is 6.42 Å². The summed E-state index contributed by atoms with van der Waals surface area (Å²) in [5.41, 5.74) is 10.3. The molecule has 1 aliphatic heterocycles. The number of benzene rings is 6. The first-order valence-electron chi connectivity index (χ1n) is 15.1. The number of rotatable bonds is 4. The van der Waals surface area contributed by atoms with Crippen molar-refractivity contribution in [2.75, 3.05) is 0 Å². The molecule has 0 radical (unpaired) electrons. The van der Waals surface area contributed by atoms with Crippen molar-refractivity contribution in [3.8, 4) is 11.1 Å². The number of hydrogen-bond donors (Lipinski definition) is 0. The van der Waals surface area contributed by atoms with Crippen molar-refractivity contribution < 1.29 is 8.83 Å².